The molecule has 156 valence electrons. The summed E-state index contributed by atoms with van der Waals surface area (Å²) in [5.41, 5.74) is 3.04. The molecule has 0 unspecified atom stereocenters. The molecular formula is C28H44. The second kappa shape index (κ2) is 14.7. The molecule has 0 heterocycles. The molecule has 0 radical (unpaired) electrons. The monoisotopic (exact) mass is 380 g/mol. The van der Waals surface area contributed by atoms with Crippen molar-refractivity contribution in [3.63, 3.8) is 0 Å². The van der Waals surface area contributed by atoms with E-state index >= 15 is 0 Å². The van der Waals surface area contributed by atoms with Crippen LogP contribution in [0.2, 0.25) is 0 Å². The molecule has 2 aromatic carbocycles. The Balaban J connectivity index is 1.72. The molecule has 0 atom stereocenters. The zero-order chi connectivity index (χ0) is 19.9. The number of fused-ring (bicyclic) bond motifs is 1. The normalized spacial score (nSPS) is 11.4. The van der Waals surface area contributed by atoms with Crippen molar-refractivity contribution >= 4 is 10.8 Å². The van der Waals surface area contributed by atoms with Gasteiger partial charge in [-0.1, -0.05) is 127 Å². The third-order valence-electron chi connectivity index (χ3n) is 6.11. The van der Waals surface area contributed by atoms with E-state index < -0.39 is 0 Å². The predicted molar refractivity (Wildman–Crippen MR) is 127 cm³/mol. The van der Waals surface area contributed by atoms with Crippen LogP contribution in [0.25, 0.3) is 10.8 Å². The van der Waals surface area contributed by atoms with Gasteiger partial charge in [-0.25, -0.2) is 0 Å². The van der Waals surface area contributed by atoms with E-state index in [2.05, 4.69) is 50.2 Å². The van der Waals surface area contributed by atoms with Gasteiger partial charge in [-0.3, -0.25) is 0 Å². The average molecular weight is 381 g/mol. The van der Waals surface area contributed by atoms with Gasteiger partial charge < -0.3 is 0 Å². The highest BCUT2D eigenvalue weighted by Crippen LogP contribution is 2.21. The lowest BCUT2D eigenvalue weighted by molar-refractivity contribution is 0.589. The van der Waals surface area contributed by atoms with Crippen LogP contribution in [0.1, 0.15) is 115 Å². The Morgan fingerprint density at radius 3 is 1.25 bits per heavy atom. The Morgan fingerprint density at radius 2 is 0.821 bits per heavy atom. The molecule has 0 amide bonds. The van der Waals surface area contributed by atoms with Crippen molar-refractivity contribution in [1.82, 2.24) is 0 Å². The maximum atomic E-state index is 2.45. The first kappa shape index (κ1) is 23.0. The van der Waals surface area contributed by atoms with E-state index in [9.17, 15) is 0 Å². The number of hydrogen-bond acceptors (Lipinski definition) is 0. The first-order chi connectivity index (χ1) is 13.8. The largest absolute Gasteiger partial charge is 0.0654 e. The van der Waals surface area contributed by atoms with Gasteiger partial charge in [0.1, 0.15) is 0 Å². The maximum Gasteiger partial charge on any atom is -0.0179 e. The third-order valence-corrected chi connectivity index (χ3v) is 6.11. The molecule has 0 aliphatic rings. The number of unbranched alkanes of at least 4 members (excludes halogenated alkanes) is 12. The van der Waals surface area contributed by atoms with Crippen molar-refractivity contribution in [3.05, 3.63) is 47.5 Å². The van der Waals surface area contributed by atoms with Crippen molar-refractivity contribution in [2.45, 2.75) is 117 Å². The summed E-state index contributed by atoms with van der Waals surface area (Å²) < 4.78 is 0. The van der Waals surface area contributed by atoms with E-state index in [1.165, 1.54) is 125 Å². The fourth-order valence-corrected chi connectivity index (χ4v) is 4.23. The number of hydrogen-bond donors (Lipinski definition) is 0. The van der Waals surface area contributed by atoms with E-state index in [1.54, 1.807) is 0 Å². The van der Waals surface area contributed by atoms with E-state index in [0.717, 1.165) is 0 Å². The Hall–Kier alpha value is -1.30. The van der Waals surface area contributed by atoms with Gasteiger partial charge in [0.25, 0.3) is 0 Å². The van der Waals surface area contributed by atoms with E-state index in [0.29, 0.717) is 0 Å². The third kappa shape index (κ3) is 9.26. The minimum atomic E-state index is 1.24. The van der Waals surface area contributed by atoms with Crippen LogP contribution in [0.15, 0.2) is 36.4 Å². The van der Waals surface area contributed by atoms with Crippen LogP contribution in [-0.4, -0.2) is 0 Å². The Labute approximate surface area is 175 Å². The fraction of sp³-hybridized carbons (Fsp3) is 0.643. The maximum absolute atomic E-state index is 2.45. The summed E-state index contributed by atoms with van der Waals surface area (Å²) in [6.45, 7) is 4.58. The molecule has 0 aromatic heterocycles. The minimum Gasteiger partial charge on any atom is -0.0654 e. The van der Waals surface area contributed by atoms with E-state index in [4.69, 9.17) is 0 Å². The zero-order valence-corrected chi connectivity index (χ0v) is 18.8. The fourth-order valence-electron chi connectivity index (χ4n) is 4.23. The molecule has 0 nitrogen and oxygen atoms in total. The summed E-state index contributed by atoms with van der Waals surface area (Å²) >= 11 is 0. The van der Waals surface area contributed by atoms with Gasteiger partial charge in [-0.15, -0.1) is 0 Å². The molecular weight excluding hydrogens is 336 g/mol. The summed E-state index contributed by atoms with van der Waals surface area (Å²) in [5.74, 6) is 0. The molecule has 0 N–H and O–H groups in total. The topological polar surface area (TPSA) is 0 Å². The van der Waals surface area contributed by atoms with Crippen LogP contribution in [0, 0.1) is 0 Å². The standard InChI is InChI=1S/C28H44/c1-3-5-7-9-11-13-15-17-25-19-21-27-22-20-26(24-28(27)23-25)18-16-14-12-10-8-6-4-2/h19-24H,3-18H2,1-2H3. The molecule has 0 aliphatic carbocycles. The Kier molecular flexibility index (Phi) is 12.0. The molecule has 0 saturated heterocycles. The van der Waals surface area contributed by atoms with Gasteiger partial charge in [-0.05, 0) is 47.6 Å². The van der Waals surface area contributed by atoms with Crippen LogP contribution >= 0.6 is 0 Å². The molecule has 0 bridgehead atoms. The summed E-state index contributed by atoms with van der Waals surface area (Å²) in [6, 6.07) is 14.2. The molecule has 2 aromatic rings. The molecule has 0 saturated carbocycles. The van der Waals surface area contributed by atoms with Gasteiger partial charge in [0.05, 0.1) is 0 Å². The highest BCUT2D eigenvalue weighted by Gasteiger charge is 2.01. The molecule has 0 spiro atoms. The summed E-state index contributed by atoms with van der Waals surface area (Å²) in [4.78, 5) is 0. The highest BCUT2D eigenvalue weighted by molar-refractivity contribution is 5.83. The first-order valence-corrected chi connectivity index (χ1v) is 12.3. The lowest BCUT2D eigenvalue weighted by atomic mass is 9.98. The molecule has 0 fully saturated rings. The number of rotatable bonds is 16. The first-order valence-electron chi connectivity index (χ1n) is 12.3. The van der Waals surface area contributed by atoms with Crippen LogP contribution < -0.4 is 0 Å². The minimum absolute atomic E-state index is 1.24. The van der Waals surface area contributed by atoms with E-state index in [-0.39, 0.29) is 0 Å². The Morgan fingerprint density at radius 1 is 0.429 bits per heavy atom. The van der Waals surface area contributed by atoms with Gasteiger partial charge >= 0.3 is 0 Å². The van der Waals surface area contributed by atoms with Crippen LogP contribution in [0.3, 0.4) is 0 Å². The summed E-state index contributed by atoms with van der Waals surface area (Å²) in [7, 11) is 0. The summed E-state index contributed by atoms with van der Waals surface area (Å²) in [5, 5.41) is 2.84. The smallest absolute Gasteiger partial charge is 0.0179 e. The quantitative estimate of drug-likeness (QED) is 0.254. The number of aryl methyl sites for hydroxylation is 2. The second-order valence-corrected chi connectivity index (χ2v) is 8.76. The van der Waals surface area contributed by atoms with Gasteiger partial charge in [0.2, 0.25) is 0 Å². The van der Waals surface area contributed by atoms with Crippen molar-refractivity contribution in [2.75, 3.05) is 0 Å². The molecule has 28 heavy (non-hydrogen) atoms. The SMILES string of the molecule is CCCCCCCCCc1ccc2ccc(CCCCCCCCC)cc2c1. The lowest BCUT2D eigenvalue weighted by Crippen LogP contribution is -1.89. The highest BCUT2D eigenvalue weighted by atomic mass is 14.1. The van der Waals surface area contributed by atoms with Gasteiger partial charge in [0.15, 0.2) is 0 Å². The second-order valence-electron chi connectivity index (χ2n) is 8.76. The number of benzene rings is 2. The lowest BCUT2D eigenvalue weighted by Gasteiger charge is -2.07. The predicted octanol–water partition coefficient (Wildman–Crippen LogP) is 9.43. The van der Waals surface area contributed by atoms with Crippen molar-refractivity contribution in [1.29, 1.82) is 0 Å². The van der Waals surface area contributed by atoms with Crippen LogP contribution in [0.5, 0.6) is 0 Å². The molecule has 2 rings (SSSR count). The molecule has 0 heteroatoms. The van der Waals surface area contributed by atoms with E-state index in [1.807, 2.05) is 0 Å². The summed E-state index contributed by atoms with van der Waals surface area (Å²) in [6.07, 6.45) is 22.0. The van der Waals surface area contributed by atoms with Crippen molar-refractivity contribution in [3.8, 4) is 0 Å². The van der Waals surface area contributed by atoms with Crippen LogP contribution in [-0.2, 0) is 12.8 Å². The van der Waals surface area contributed by atoms with Gasteiger partial charge in [0, 0.05) is 0 Å². The van der Waals surface area contributed by atoms with Gasteiger partial charge in [-0.2, -0.15) is 0 Å². The zero-order valence-electron chi connectivity index (χ0n) is 18.8. The van der Waals surface area contributed by atoms with Crippen molar-refractivity contribution < 1.29 is 0 Å². The molecule has 0 aliphatic heterocycles. The van der Waals surface area contributed by atoms with Crippen molar-refractivity contribution in [2.24, 2.45) is 0 Å². The average Bonchev–Trinajstić information content (AvgIpc) is 2.72. The van der Waals surface area contributed by atoms with Crippen LogP contribution in [0.4, 0.5) is 0 Å². The Bertz CT molecular complexity index is 587.